The lowest BCUT2D eigenvalue weighted by Crippen LogP contribution is -2.57. The molecule has 5 heteroatoms. The normalized spacial score (nSPS) is 24.6. The van der Waals surface area contributed by atoms with Crippen LogP contribution in [0, 0.1) is 0 Å². The van der Waals surface area contributed by atoms with Crippen LogP contribution in [0.3, 0.4) is 0 Å². The highest BCUT2D eigenvalue weighted by Gasteiger charge is 2.43. The Hall–Kier alpha value is -0.710. The largest absolute Gasteiger partial charge is 0.480 e. The van der Waals surface area contributed by atoms with Gasteiger partial charge in [-0.05, 0) is 38.4 Å². The predicted octanol–water partition coefficient (Wildman–Crippen LogP) is 2.03. The predicted molar refractivity (Wildman–Crippen MR) is 69.2 cm³/mol. The van der Waals surface area contributed by atoms with E-state index < -0.39 is 16.3 Å². The number of rotatable bonds is 5. The molecule has 17 heavy (non-hydrogen) atoms. The summed E-state index contributed by atoms with van der Waals surface area (Å²) >= 11 is 1.62. The fourth-order valence-electron chi connectivity index (χ4n) is 2.09. The quantitative estimate of drug-likeness (QED) is 0.793. The summed E-state index contributed by atoms with van der Waals surface area (Å²) < 4.78 is -0.453. The average Bonchev–Trinajstić information content (AvgIpc) is 2.73. The first-order valence-corrected chi connectivity index (χ1v) is 7.09. The van der Waals surface area contributed by atoms with E-state index in [0.717, 1.165) is 18.6 Å². The molecule has 0 aliphatic carbocycles. The Morgan fingerprint density at radius 1 is 1.41 bits per heavy atom. The molecule has 98 valence electrons. The lowest BCUT2D eigenvalue weighted by molar-refractivity contribution is -0.148. The van der Waals surface area contributed by atoms with Gasteiger partial charge < -0.3 is 10.4 Å². The third-order valence-electron chi connectivity index (χ3n) is 3.67. The lowest BCUT2D eigenvalue weighted by atomic mass is 9.91. The van der Waals surface area contributed by atoms with Crippen molar-refractivity contribution in [3.05, 3.63) is 0 Å². The molecule has 2 N–H and O–H groups in total. The van der Waals surface area contributed by atoms with Crippen molar-refractivity contribution in [3.8, 4) is 0 Å². The van der Waals surface area contributed by atoms with Gasteiger partial charge in [-0.15, -0.1) is 11.8 Å². The molecule has 1 saturated heterocycles. The van der Waals surface area contributed by atoms with Gasteiger partial charge in [0.2, 0.25) is 5.91 Å². The zero-order chi connectivity index (χ0) is 13.1. The van der Waals surface area contributed by atoms with E-state index in [2.05, 4.69) is 5.32 Å². The molecule has 1 aliphatic rings. The number of hydrogen-bond acceptors (Lipinski definition) is 3. The summed E-state index contributed by atoms with van der Waals surface area (Å²) in [6.07, 6.45) is 2.66. The Labute approximate surface area is 107 Å². The summed E-state index contributed by atoms with van der Waals surface area (Å²) in [6, 6.07) is 0. The molecule has 1 rings (SSSR count). The highest BCUT2D eigenvalue weighted by molar-refractivity contribution is 8.01. The van der Waals surface area contributed by atoms with E-state index in [-0.39, 0.29) is 5.91 Å². The van der Waals surface area contributed by atoms with Crippen LogP contribution < -0.4 is 5.32 Å². The summed E-state index contributed by atoms with van der Waals surface area (Å²) in [5, 5.41) is 12.0. The third-order valence-corrected chi connectivity index (χ3v) is 5.19. The molecule has 1 unspecified atom stereocenters. The second-order valence-electron chi connectivity index (χ2n) is 4.73. The van der Waals surface area contributed by atoms with Crippen LogP contribution in [0.25, 0.3) is 0 Å². The molecule has 1 atom stereocenters. The molecule has 0 saturated carbocycles. The van der Waals surface area contributed by atoms with E-state index in [1.54, 1.807) is 25.6 Å². The molecule has 0 spiro atoms. The van der Waals surface area contributed by atoms with Crippen molar-refractivity contribution >= 4 is 23.6 Å². The first-order valence-electron chi connectivity index (χ1n) is 6.10. The average molecular weight is 259 g/mol. The van der Waals surface area contributed by atoms with Crippen molar-refractivity contribution < 1.29 is 14.7 Å². The maximum absolute atomic E-state index is 12.2. The third kappa shape index (κ3) is 2.76. The number of thioether (sulfide) groups is 1. The van der Waals surface area contributed by atoms with Gasteiger partial charge in [0.1, 0.15) is 5.54 Å². The lowest BCUT2D eigenvalue weighted by Gasteiger charge is -2.32. The number of carboxylic acid groups (broad SMARTS) is 1. The summed E-state index contributed by atoms with van der Waals surface area (Å²) in [7, 11) is 0. The molecule has 0 aromatic rings. The molecule has 0 aromatic carbocycles. The maximum atomic E-state index is 12.2. The van der Waals surface area contributed by atoms with Gasteiger partial charge in [0, 0.05) is 0 Å². The number of hydrogen-bond donors (Lipinski definition) is 2. The summed E-state index contributed by atoms with van der Waals surface area (Å²) in [6.45, 7) is 5.49. The smallest absolute Gasteiger partial charge is 0.329 e. The number of carbonyl (C=O) groups is 2. The van der Waals surface area contributed by atoms with Crippen LogP contribution in [0.5, 0.6) is 0 Å². The minimum atomic E-state index is -1.11. The Morgan fingerprint density at radius 2 is 2.00 bits per heavy atom. The van der Waals surface area contributed by atoms with E-state index >= 15 is 0 Å². The zero-order valence-electron chi connectivity index (χ0n) is 10.7. The highest BCUT2D eigenvalue weighted by atomic mass is 32.2. The SMILES string of the molecule is CCC(CC)(NC(=O)C1(C)CCCS1)C(=O)O. The van der Waals surface area contributed by atoms with Gasteiger partial charge in [-0.1, -0.05) is 13.8 Å². The van der Waals surface area contributed by atoms with E-state index in [1.807, 2.05) is 6.92 Å². The molecule has 1 aliphatic heterocycles. The Bertz CT molecular complexity index is 307. The number of carboxylic acids is 1. The molecular weight excluding hydrogens is 238 g/mol. The number of carbonyl (C=O) groups excluding carboxylic acids is 1. The Morgan fingerprint density at radius 3 is 2.35 bits per heavy atom. The first-order chi connectivity index (χ1) is 7.90. The van der Waals surface area contributed by atoms with Crippen molar-refractivity contribution in [3.63, 3.8) is 0 Å². The number of amides is 1. The fraction of sp³-hybridized carbons (Fsp3) is 0.833. The van der Waals surface area contributed by atoms with Crippen LogP contribution in [0.15, 0.2) is 0 Å². The fourth-order valence-corrected chi connectivity index (χ4v) is 3.30. The van der Waals surface area contributed by atoms with Gasteiger partial charge in [-0.2, -0.15) is 0 Å². The molecule has 1 fully saturated rings. The Balaban J connectivity index is 2.80. The van der Waals surface area contributed by atoms with Gasteiger partial charge in [0.15, 0.2) is 0 Å². The van der Waals surface area contributed by atoms with E-state index in [4.69, 9.17) is 0 Å². The standard InChI is InChI=1S/C12H21NO3S/c1-4-12(5-2,10(15)16)13-9(14)11(3)7-6-8-17-11/h4-8H2,1-3H3,(H,13,14)(H,15,16). The van der Waals surface area contributed by atoms with Gasteiger partial charge in [0.25, 0.3) is 0 Å². The molecule has 1 heterocycles. The van der Waals surface area contributed by atoms with Crippen molar-refractivity contribution in [2.24, 2.45) is 0 Å². The van der Waals surface area contributed by atoms with Gasteiger partial charge in [0.05, 0.1) is 4.75 Å². The van der Waals surface area contributed by atoms with Crippen LogP contribution in [0.1, 0.15) is 46.5 Å². The minimum Gasteiger partial charge on any atom is -0.480 e. The monoisotopic (exact) mass is 259 g/mol. The van der Waals surface area contributed by atoms with Crippen LogP contribution in [-0.2, 0) is 9.59 Å². The summed E-state index contributed by atoms with van der Waals surface area (Å²) in [5.41, 5.74) is -1.11. The van der Waals surface area contributed by atoms with Crippen molar-refractivity contribution in [1.82, 2.24) is 5.32 Å². The van der Waals surface area contributed by atoms with E-state index in [1.165, 1.54) is 0 Å². The molecule has 1 amide bonds. The summed E-state index contributed by atoms with van der Waals surface area (Å²) in [5.74, 6) is -0.101. The van der Waals surface area contributed by atoms with Crippen molar-refractivity contribution in [1.29, 1.82) is 0 Å². The molecule has 0 bridgehead atoms. The second kappa shape index (κ2) is 5.29. The van der Waals surface area contributed by atoms with Gasteiger partial charge in [-0.25, -0.2) is 4.79 Å². The van der Waals surface area contributed by atoms with Crippen molar-refractivity contribution in [2.45, 2.75) is 56.7 Å². The summed E-state index contributed by atoms with van der Waals surface area (Å²) in [4.78, 5) is 23.5. The van der Waals surface area contributed by atoms with E-state index in [0.29, 0.717) is 12.8 Å². The second-order valence-corrected chi connectivity index (χ2v) is 6.33. The van der Waals surface area contributed by atoms with Gasteiger partial charge in [-0.3, -0.25) is 4.79 Å². The molecule has 4 nitrogen and oxygen atoms in total. The van der Waals surface area contributed by atoms with Crippen LogP contribution in [-0.4, -0.2) is 33.0 Å². The molecular formula is C12H21NO3S. The number of aliphatic carboxylic acids is 1. The maximum Gasteiger partial charge on any atom is 0.329 e. The molecule has 0 radical (unpaired) electrons. The topological polar surface area (TPSA) is 66.4 Å². The number of nitrogens with one attached hydrogen (secondary N) is 1. The van der Waals surface area contributed by atoms with Crippen LogP contribution in [0.4, 0.5) is 0 Å². The van der Waals surface area contributed by atoms with Crippen LogP contribution in [0.2, 0.25) is 0 Å². The Kier molecular flexibility index (Phi) is 4.47. The molecule has 0 aromatic heterocycles. The zero-order valence-corrected chi connectivity index (χ0v) is 11.5. The van der Waals surface area contributed by atoms with E-state index in [9.17, 15) is 14.7 Å². The van der Waals surface area contributed by atoms with Gasteiger partial charge >= 0.3 is 5.97 Å². The van der Waals surface area contributed by atoms with Crippen LogP contribution >= 0.6 is 11.8 Å². The first kappa shape index (κ1) is 14.4. The highest BCUT2D eigenvalue weighted by Crippen LogP contribution is 2.38. The minimum absolute atomic E-state index is 0.133. The van der Waals surface area contributed by atoms with Crippen molar-refractivity contribution in [2.75, 3.05) is 5.75 Å².